The second kappa shape index (κ2) is 6.86. The molecule has 0 unspecified atom stereocenters. The van der Waals surface area contributed by atoms with Crippen LogP contribution in [0.1, 0.15) is 21.0 Å². The molecule has 0 aliphatic heterocycles. The van der Waals surface area contributed by atoms with Crippen molar-refractivity contribution < 1.29 is 34.0 Å². The van der Waals surface area contributed by atoms with Gasteiger partial charge in [-0.15, -0.1) is 0 Å². The molecule has 1 aromatic heterocycles. The first-order valence-electron chi connectivity index (χ1n) is 6.71. The molecule has 1 heterocycles. The molecule has 0 aliphatic carbocycles. The molecule has 1 aromatic carbocycles. The van der Waals surface area contributed by atoms with Crippen molar-refractivity contribution in [3.05, 3.63) is 35.7 Å². The summed E-state index contributed by atoms with van der Waals surface area (Å²) in [6.07, 6.45) is 0. The van der Waals surface area contributed by atoms with Crippen molar-refractivity contribution in [3.63, 3.8) is 0 Å². The number of carboxylic acid groups (broad SMARTS) is 2. The van der Waals surface area contributed by atoms with E-state index >= 15 is 0 Å². The van der Waals surface area contributed by atoms with E-state index in [0.29, 0.717) is 22.8 Å². The summed E-state index contributed by atoms with van der Waals surface area (Å²) in [4.78, 5) is 26.3. The van der Waals surface area contributed by atoms with E-state index in [4.69, 9.17) is 19.3 Å². The van der Waals surface area contributed by atoms with Crippen molar-refractivity contribution >= 4 is 11.9 Å². The molecule has 8 heteroatoms. The normalized spacial score (nSPS) is 10.1. The van der Waals surface area contributed by atoms with E-state index in [1.54, 1.807) is 12.1 Å². The number of hydrogen-bond donors (Lipinski definition) is 2. The Morgan fingerprint density at radius 2 is 1.50 bits per heavy atom. The minimum Gasteiger partial charge on any atom is -0.496 e. The highest BCUT2D eigenvalue weighted by atomic mass is 16.5. The number of benzene rings is 1. The van der Waals surface area contributed by atoms with Crippen LogP contribution in [-0.4, -0.2) is 48.5 Å². The lowest BCUT2D eigenvalue weighted by atomic mass is 10.0. The first kappa shape index (κ1) is 17.1. The van der Waals surface area contributed by atoms with Gasteiger partial charge in [0.05, 0.1) is 26.9 Å². The number of aromatic nitrogens is 1. The van der Waals surface area contributed by atoms with E-state index < -0.39 is 17.6 Å². The summed E-state index contributed by atoms with van der Waals surface area (Å²) in [5.74, 6) is -1.62. The van der Waals surface area contributed by atoms with Crippen LogP contribution in [0.2, 0.25) is 0 Å². The number of ether oxygens (including phenoxy) is 3. The largest absolute Gasteiger partial charge is 0.496 e. The summed E-state index contributed by atoms with van der Waals surface area (Å²) in [5.41, 5.74) is -0.286. The maximum Gasteiger partial charge on any atom is 0.355 e. The Morgan fingerprint density at radius 3 is 1.92 bits per heavy atom. The van der Waals surface area contributed by atoms with Crippen LogP contribution in [0.15, 0.2) is 24.3 Å². The third-order valence-corrected chi connectivity index (χ3v) is 3.30. The van der Waals surface area contributed by atoms with E-state index in [0.717, 1.165) is 0 Å². The Balaban J connectivity index is 2.80. The van der Waals surface area contributed by atoms with Gasteiger partial charge in [-0.1, -0.05) is 0 Å². The van der Waals surface area contributed by atoms with E-state index in [2.05, 4.69) is 4.98 Å². The van der Waals surface area contributed by atoms with E-state index in [1.165, 1.54) is 33.5 Å². The second-order valence-electron chi connectivity index (χ2n) is 4.61. The zero-order valence-corrected chi connectivity index (χ0v) is 13.2. The maximum absolute atomic E-state index is 11.5. The van der Waals surface area contributed by atoms with Crippen LogP contribution in [-0.2, 0) is 0 Å². The van der Waals surface area contributed by atoms with Crippen molar-refractivity contribution in [2.45, 2.75) is 0 Å². The van der Waals surface area contributed by atoms with Crippen molar-refractivity contribution in [1.29, 1.82) is 0 Å². The number of carboxylic acids is 2. The first-order valence-corrected chi connectivity index (χ1v) is 6.71. The predicted octanol–water partition coefficient (Wildman–Crippen LogP) is 2.17. The van der Waals surface area contributed by atoms with Gasteiger partial charge in [-0.05, 0) is 12.1 Å². The van der Waals surface area contributed by atoms with E-state index in [1.807, 2.05) is 0 Å². The summed E-state index contributed by atoms with van der Waals surface area (Å²) in [6, 6.07) is 5.70. The van der Waals surface area contributed by atoms with Crippen molar-refractivity contribution in [1.82, 2.24) is 4.98 Å². The van der Waals surface area contributed by atoms with Gasteiger partial charge in [-0.2, -0.15) is 0 Å². The van der Waals surface area contributed by atoms with Crippen LogP contribution in [0.4, 0.5) is 0 Å². The number of carbonyl (C=O) groups is 2. The monoisotopic (exact) mass is 333 g/mol. The molecule has 2 rings (SSSR count). The van der Waals surface area contributed by atoms with Crippen LogP contribution in [0, 0.1) is 0 Å². The molecule has 2 N–H and O–H groups in total. The molecule has 0 atom stereocenters. The van der Waals surface area contributed by atoms with E-state index in [9.17, 15) is 14.7 Å². The molecule has 2 aromatic rings. The van der Waals surface area contributed by atoms with Gasteiger partial charge >= 0.3 is 11.9 Å². The molecule has 0 saturated heterocycles. The molecule has 0 spiro atoms. The van der Waals surface area contributed by atoms with Crippen LogP contribution in [0.3, 0.4) is 0 Å². The zero-order valence-electron chi connectivity index (χ0n) is 13.2. The summed E-state index contributed by atoms with van der Waals surface area (Å²) in [5, 5.41) is 18.4. The van der Waals surface area contributed by atoms with Gasteiger partial charge in [0, 0.05) is 17.7 Å². The van der Waals surface area contributed by atoms with Crippen molar-refractivity contribution in [3.8, 4) is 28.4 Å². The average Bonchev–Trinajstić information content (AvgIpc) is 2.59. The molecule has 0 aliphatic rings. The number of hydrogen-bond acceptors (Lipinski definition) is 6. The number of methoxy groups -OCH3 is 3. The Morgan fingerprint density at radius 1 is 0.917 bits per heavy atom. The number of pyridine rings is 1. The van der Waals surface area contributed by atoms with Crippen molar-refractivity contribution in [2.24, 2.45) is 0 Å². The lowest BCUT2D eigenvalue weighted by Gasteiger charge is -2.16. The van der Waals surface area contributed by atoms with Crippen LogP contribution >= 0.6 is 0 Å². The minimum absolute atomic E-state index is 0.170. The molecule has 0 radical (unpaired) electrons. The highest BCUT2D eigenvalue weighted by Gasteiger charge is 2.23. The Hall–Kier alpha value is -3.29. The highest BCUT2D eigenvalue weighted by molar-refractivity contribution is 5.98. The van der Waals surface area contributed by atoms with Gasteiger partial charge in [-0.3, -0.25) is 0 Å². The van der Waals surface area contributed by atoms with E-state index in [-0.39, 0.29) is 11.3 Å². The molecule has 126 valence electrons. The number of aromatic carboxylic acids is 2. The third kappa shape index (κ3) is 3.07. The van der Waals surface area contributed by atoms with Gasteiger partial charge in [0.15, 0.2) is 5.69 Å². The van der Waals surface area contributed by atoms with Crippen molar-refractivity contribution in [2.75, 3.05) is 21.3 Å². The average molecular weight is 333 g/mol. The topological polar surface area (TPSA) is 115 Å². The lowest BCUT2D eigenvalue weighted by Crippen LogP contribution is -2.10. The summed E-state index contributed by atoms with van der Waals surface area (Å²) < 4.78 is 15.7. The second-order valence-corrected chi connectivity index (χ2v) is 4.61. The molecule has 8 nitrogen and oxygen atoms in total. The molecular formula is C16H15NO7. The standard InChI is InChI=1S/C16H15NO7/c1-22-8-6-11(23-2)13(12(7-8)24-3)9-4-5-10(15(18)19)17-14(9)16(20)21/h4-7H,1-3H3,(H,18,19)(H,20,21). The van der Waals surface area contributed by atoms with Gasteiger partial charge in [0.2, 0.25) is 0 Å². The molecule has 24 heavy (non-hydrogen) atoms. The highest BCUT2D eigenvalue weighted by Crippen LogP contribution is 2.42. The van der Waals surface area contributed by atoms with Gasteiger partial charge in [-0.25, -0.2) is 14.6 Å². The number of nitrogens with zero attached hydrogens (tertiary/aromatic N) is 1. The SMILES string of the molecule is COc1cc(OC)c(-c2ccc(C(=O)O)nc2C(=O)O)c(OC)c1. The quantitative estimate of drug-likeness (QED) is 0.826. The van der Waals surface area contributed by atoms with Crippen LogP contribution < -0.4 is 14.2 Å². The Kier molecular flexibility index (Phi) is 4.88. The third-order valence-electron chi connectivity index (χ3n) is 3.30. The summed E-state index contributed by atoms with van der Waals surface area (Å²) >= 11 is 0. The fourth-order valence-electron chi connectivity index (χ4n) is 2.21. The van der Waals surface area contributed by atoms with Crippen LogP contribution in [0.25, 0.3) is 11.1 Å². The van der Waals surface area contributed by atoms with Gasteiger partial charge in [0.25, 0.3) is 0 Å². The summed E-state index contributed by atoms with van der Waals surface area (Å²) in [7, 11) is 4.30. The molecule has 0 fully saturated rings. The Labute approximate surface area is 137 Å². The predicted molar refractivity (Wildman–Crippen MR) is 83.2 cm³/mol. The molecule has 0 amide bonds. The smallest absolute Gasteiger partial charge is 0.355 e. The molecule has 0 bridgehead atoms. The number of rotatable bonds is 6. The summed E-state index contributed by atoms with van der Waals surface area (Å²) in [6.45, 7) is 0. The zero-order chi connectivity index (χ0) is 17.9. The van der Waals surface area contributed by atoms with Crippen LogP contribution in [0.5, 0.6) is 17.2 Å². The lowest BCUT2D eigenvalue weighted by molar-refractivity contribution is 0.0686. The van der Waals surface area contributed by atoms with Gasteiger partial charge in [0.1, 0.15) is 22.9 Å². The molecular weight excluding hydrogens is 318 g/mol. The first-order chi connectivity index (χ1) is 11.4. The molecule has 0 saturated carbocycles. The maximum atomic E-state index is 11.5. The van der Waals surface area contributed by atoms with Gasteiger partial charge < -0.3 is 24.4 Å². The fourth-order valence-corrected chi connectivity index (χ4v) is 2.21. The minimum atomic E-state index is -1.37. The Bertz CT molecular complexity index is 776. The fraction of sp³-hybridized carbons (Fsp3) is 0.188.